The van der Waals surface area contributed by atoms with E-state index in [1.165, 1.54) is 6.20 Å². The zero-order valence-electron chi connectivity index (χ0n) is 11.0. The van der Waals surface area contributed by atoms with Gasteiger partial charge in [-0.05, 0) is 20.8 Å². The van der Waals surface area contributed by atoms with Gasteiger partial charge in [0.1, 0.15) is 17.0 Å². The smallest absolute Gasteiger partial charge is 0.342 e. The number of carbonyl (C=O) groups excluding carboxylic acids is 2. The van der Waals surface area contributed by atoms with Crippen LogP contribution in [-0.2, 0) is 9.47 Å². The highest BCUT2D eigenvalue weighted by atomic mass is 16.5. The molecular formula is C12H15N3O4. The molecule has 0 saturated heterocycles. The summed E-state index contributed by atoms with van der Waals surface area (Å²) in [5.74, 6) is -0.491. The normalized spacial score (nSPS) is 10.7. The van der Waals surface area contributed by atoms with E-state index in [0.717, 1.165) is 0 Å². The standard InChI is InChI=1S/C12H15N3O4/c1-4-18-11(16)8-6-15-7(3)13-14-10(15)9(8)12(17)19-5-2/h6,14H,4-5H2,1-3H3. The van der Waals surface area contributed by atoms with Crippen molar-refractivity contribution in [1.82, 2.24) is 14.6 Å². The van der Waals surface area contributed by atoms with Crippen molar-refractivity contribution in [1.29, 1.82) is 0 Å². The lowest BCUT2D eigenvalue weighted by Crippen LogP contribution is -2.12. The molecule has 1 N–H and O–H groups in total. The number of nitrogens with one attached hydrogen (secondary N) is 1. The van der Waals surface area contributed by atoms with Gasteiger partial charge < -0.3 is 9.47 Å². The van der Waals surface area contributed by atoms with Gasteiger partial charge in [0.05, 0.1) is 18.8 Å². The van der Waals surface area contributed by atoms with Gasteiger partial charge in [-0.3, -0.25) is 9.50 Å². The second-order valence-corrected chi connectivity index (χ2v) is 3.85. The quantitative estimate of drug-likeness (QED) is 0.843. The summed E-state index contributed by atoms with van der Waals surface area (Å²) in [5, 5.41) is 6.70. The van der Waals surface area contributed by atoms with Crippen molar-refractivity contribution in [2.24, 2.45) is 0 Å². The summed E-state index contributed by atoms with van der Waals surface area (Å²) < 4.78 is 11.5. The molecule has 102 valence electrons. The molecule has 7 nitrogen and oxygen atoms in total. The van der Waals surface area contributed by atoms with Crippen LogP contribution in [-0.4, -0.2) is 39.8 Å². The van der Waals surface area contributed by atoms with Crippen molar-refractivity contribution >= 4 is 17.6 Å². The highest BCUT2D eigenvalue weighted by molar-refractivity contribution is 6.07. The topological polar surface area (TPSA) is 85.7 Å². The number of carbonyl (C=O) groups is 2. The lowest BCUT2D eigenvalue weighted by Gasteiger charge is -2.03. The summed E-state index contributed by atoms with van der Waals surface area (Å²) in [6.07, 6.45) is 1.53. The van der Waals surface area contributed by atoms with Crippen LogP contribution in [0.3, 0.4) is 0 Å². The first kappa shape index (κ1) is 13.1. The molecule has 2 heterocycles. The molecule has 0 aliphatic heterocycles. The van der Waals surface area contributed by atoms with E-state index in [9.17, 15) is 9.59 Å². The molecule has 0 bridgehead atoms. The Morgan fingerprint density at radius 1 is 1.26 bits per heavy atom. The van der Waals surface area contributed by atoms with E-state index in [-0.39, 0.29) is 24.3 Å². The molecule has 0 radical (unpaired) electrons. The van der Waals surface area contributed by atoms with Crippen LogP contribution in [0.2, 0.25) is 0 Å². The van der Waals surface area contributed by atoms with E-state index in [2.05, 4.69) is 10.2 Å². The van der Waals surface area contributed by atoms with Gasteiger partial charge in [0.25, 0.3) is 0 Å². The first-order valence-corrected chi connectivity index (χ1v) is 6.00. The Bertz CT molecular complexity index is 626. The number of hydrogen-bond donors (Lipinski definition) is 1. The second-order valence-electron chi connectivity index (χ2n) is 3.85. The van der Waals surface area contributed by atoms with Crippen molar-refractivity contribution in [2.45, 2.75) is 20.8 Å². The van der Waals surface area contributed by atoms with Crippen molar-refractivity contribution in [3.63, 3.8) is 0 Å². The lowest BCUT2D eigenvalue weighted by molar-refractivity contribution is 0.0481. The SMILES string of the molecule is CCOC(=O)c1cn2c(C)n[nH]c2c1C(=O)OCC. The van der Waals surface area contributed by atoms with E-state index >= 15 is 0 Å². The van der Waals surface area contributed by atoms with Crippen LogP contribution in [0.1, 0.15) is 40.4 Å². The summed E-state index contributed by atoms with van der Waals surface area (Å²) in [6, 6.07) is 0. The molecule has 0 aliphatic rings. The number of rotatable bonds is 4. The molecule has 0 aromatic carbocycles. The Morgan fingerprint density at radius 2 is 1.89 bits per heavy atom. The number of nitrogens with zero attached hydrogens (tertiary/aromatic N) is 2. The summed E-state index contributed by atoms with van der Waals surface area (Å²) in [7, 11) is 0. The van der Waals surface area contributed by atoms with Crippen LogP contribution >= 0.6 is 0 Å². The van der Waals surface area contributed by atoms with Gasteiger partial charge in [-0.2, -0.15) is 5.10 Å². The molecule has 0 unspecified atom stereocenters. The van der Waals surface area contributed by atoms with Crippen LogP contribution in [0.5, 0.6) is 0 Å². The van der Waals surface area contributed by atoms with Crippen molar-refractivity contribution in [3.8, 4) is 0 Å². The third-order valence-electron chi connectivity index (χ3n) is 2.65. The van der Waals surface area contributed by atoms with Gasteiger partial charge in [-0.1, -0.05) is 0 Å². The number of fused-ring (bicyclic) bond motifs is 1. The number of esters is 2. The molecule has 7 heteroatoms. The molecule has 2 rings (SSSR count). The third-order valence-corrected chi connectivity index (χ3v) is 2.65. The Hall–Kier alpha value is -2.31. The van der Waals surface area contributed by atoms with Crippen LogP contribution in [0.4, 0.5) is 0 Å². The molecule has 19 heavy (non-hydrogen) atoms. The van der Waals surface area contributed by atoms with Crippen LogP contribution in [0, 0.1) is 6.92 Å². The maximum absolute atomic E-state index is 12.0. The number of aromatic amines is 1. The summed E-state index contributed by atoms with van der Waals surface area (Å²) in [4.78, 5) is 23.8. The number of aromatic nitrogens is 3. The van der Waals surface area contributed by atoms with Crippen LogP contribution < -0.4 is 0 Å². The summed E-state index contributed by atoms with van der Waals surface area (Å²) in [6.45, 7) is 5.63. The fourth-order valence-electron chi connectivity index (χ4n) is 1.83. The van der Waals surface area contributed by atoms with Crippen molar-refractivity contribution < 1.29 is 19.1 Å². The number of ether oxygens (including phenoxy) is 2. The zero-order valence-corrected chi connectivity index (χ0v) is 11.0. The Kier molecular flexibility index (Phi) is 3.55. The van der Waals surface area contributed by atoms with E-state index < -0.39 is 11.9 Å². The third kappa shape index (κ3) is 2.18. The maximum Gasteiger partial charge on any atom is 0.342 e. The highest BCUT2D eigenvalue weighted by Gasteiger charge is 2.26. The zero-order chi connectivity index (χ0) is 14.0. The predicted molar refractivity (Wildman–Crippen MR) is 66.2 cm³/mol. The Labute approximate surface area is 109 Å². The van der Waals surface area contributed by atoms with Gasteiger partial charge in [-0.15, -0.1) is 0 Å². The maximum atomic E-state index is 12.0. The summed E-state index contributed by atoms with van der Waals surface area (Å²) in [5.41, 5.74) is 0.761. The van der Waals surface area contributed by atoms with Crippen molar-refractivity contribution in [3.05, 3.63) is 23.1 Å². The minimum atomic E-state index is -0.572. The average Bonchev–Trinajstić information content (AvgIpc) is 2.90. The number of aryl methyl sites for hydroxylation is 1. The molecule has 2 aromatic rings. The van der Waals surface area contributed by atoms with E-state index in [1.807, 2.05) is 0 Å². The van der Waals surface area contributed by atoms with Crippen molar-refractivity contribution in [2.75, 3.05) is 13.2 Å². The van der Waals surface area contributed by atoms with E-state index in [1.54, 1.807) is 25.2 Å². The minimum Gasteiger partial charge on any atom is -0.462 e. The molecule has 0 spiro atoms. The largest absolute Gasteiger partial charge is 0.462 e. The first-order chi connectivity index (χ1) is 9.10. The molecule has 0 aliphatic carbocycles. The lowest BCUT2D eigenvalue weighted by atomic mass is 10.2. The van der Waals surface area contributed by atoms with Gasteiger partial charge in [0.15, 0.2) is 0 Å². The van der Waals surface area contributed by atoms with E-state index in [4.69, 9.17) is 9.47 Å². The monoisotopic (exact) mass is 265 g/mol. The van der Waals surface area contributed by atoms with Crippen LogP contribution in [0.25, 0.3) is 5.65 Å². The first-order valence-electron chi connectivity index (χ1n) is 6.00. The minimum absolute atomic E-state index is 0.154. The highest BCUT2D eigenvalue weighted by Crippen LogP contribution is 2.20. The molecule has 0 saturated carbocycles. The summed E-state index contributed by atoms with van der Waals surface area (Å²) >= 11 is 0. The Balaban J connectivity index is 2.58. The second kappa shape index (κ2) is 5.13. The molecule has 0 fully saturated rings. The molecule has 0 atom stereocenters. The fourth-order valence-corrected chi connectivity index (χ4v) is 1.83. The predicted octanol–water partition coefficient (Wildman–Crippen LogP) is 1.32. The molecular weight excluding hydrogens is 250 g/mol. The van der Waals surface area contributed by atoms with Gasteiger partial charge >= 0.3 is 11.9 Å². The Morgan fingerprint density at radius 3 is 2.53 bits per heavy atom. The number of H-pyrrole nitrogens is 1. The fraction of sp³-hybridized carbons (Fsp3) is 0.417. The van der Waals surface area contributed by atoms with Gasteiger partial charge in [-0.25, -0.2) is 9.59 Å². The average molecular weight is 265 g/mol. The van der Waals surface area contributed by atoms with E-state index in [0.29, 0.717) is 11.5 Å². The number of hydrogen-bond acceptors (Lipinski definition) is 5. The van der Waals surface area contributed by atoms with Gasteiger partial charge in [0, 0.05) is 6.20 Å². The molecule has 0 amide bonds. The van der Waals surface area contributed by atoms with Gasteiger partial charge in [0.2, 0.25) is 0 Å². The molecule has 2 aromatic heterocycles. The van der Waals surface area contributed by atoms with Crippen LogP contribution in [0.15, 0.2) is 6.20 Å².